The fourth-order valence-corrected chi connectivity index (χ4v) is 5.70. The second-order valence-electron chi connectivity index (χ2n) is 12.5. The van der Waals surface area contributed by atoms with Crippen molar-refractivity contribution in [1.29, 1.82) is 0 Å². The van der Waals surface area contributed by atoms with Crippen LogP contribution in [0.5, 0.6) is 0 Å². The quantitative estimate of drug-likeness (QED) is 0.153. The van der Waals surface area contributed by atoms with Crippen LogP contribution >= 0.6 is 0 Å². The standard InChI is InChI=1S/C32H43N3O16/c1-16(36)41-14-25-22(45-18(3)38)7-9-27(47-25)43-12-20-21(13-44-28-10-8-23(46-19(4)39)26(48-28)15-42-17(2)37)35(34-33-20)11-24-29(40)30-31(49-24)51-32(5,6)50-30/h7-10,22-31,40H,11-15H2,1-6H3/t22-,23-,24+,25+,26+,27-,28-,29-,30-,31-/m0/s1. The molecule has 1 N–H and O–H groups in total. The highest BCUT2D eigenvalue weighted by Crippen LogP contribution is 2.38. The van der Waals surface area contributed by atoms with E-state index in [9.17, 15) is 24.3 Å². The van der Waals surface area contributed by atoms with Crippen molar-refractivity contribution in [2.45, 2.75) is 129 Å². The van der Waals surface area contributed by atoms with Crippen LogP contribution in [0.1, 0.15) is 52.9 Å². The molecule has 19 heteroatoms. The molecule has 4 aliphatic rings. The van der Waals surface area contributed by atoms with Crippen LogP contribution in [0, 0.1) is 0 Å². The molecule has 4 aliphatic heterocycles. The van der Waals surface area contributed by atoms with Crippen molar-refractivity contribution in [2.75, 3.05) is 13.2 Å². The third-order valence-corrected chi connectivity index (χ3v) is 7.93. The van der Waals surface area contributed by atoms with Gasteiger partial charge >= 0.3 is 23.9 Å². The van der Waals surface area contributed by atoms with Crippen molar-refractivity contribution in [3.05, 3.63) is 35.7 Å². The molecule has 0 aliphatic carbocycles. The van der Waals surface area contributed by atoms with E-state index >= 15 is 0 Å². The average Bonchev–Trinajstić information content (AvgIpc) is 3.67. The summed E-state index contributed by atoms with van der Waals surface area (Å²) in [5, 5.41) is 19.6. The van der Waals surface area contributed by atoms with Crippen LogP contribution in [-0.4, -0.2) is 125 Å². The van der Waals surface area contributed by atoms with Crippen LogP contribution in [0.4, 0.5) is 0 Å². The third kappa shape index (κ3) is 10.4. The molecule has 2 saturated heterocycles. The Labute approximate surface area is 292 Å². The fourth-order valence-electron chi connectivity index (χ4n) is 5.70. The molecule has 0 aromatic carbocycles. The monoisotopic (exact) mass is 725 g/mol. The molecule has 282 valence electrons. The SMILES string of the molecule is CC(=O)OC[C@H]1O[C@H](OCc2nnn(C[C@H]3O[C@H]4OC(C)(C)O[C@H]4[C@H]3O)c2CO[C@@H]2C=C[C@H](OC(C)=O)[C@@H](COC(C)=O)O2)C=C[C@@H]1OC(C)=O. The summed E-state index contributed by atoms with van der Waals surface area (Å²) in [7, 11) is 0. The van der Waals surface area contributed by atoms with Gasteiger partial charge in [0.2, 0.25) is 0 Å². The molecule has 5 rings (SSSR count). The number of aliphatic hydroxyl groups is 1. The van der Waals surface area contributed by atoms with E-state index in [1.807, 2.05) is 0 Å². The topological polar surface area (TPSA) is 221 Å². The lowest BCUT2D eigenvalue weighted by atomic mass is 10.1. The van der Waals surface area contributed by atoms with Gasteiger partial charge in [0.1, 0.15) is 61.6 Å². The Morgan fingerprint density at radius 2 is 1.31 bits per heavy atom. The van der Waals surface area contributed by atoms with Gasteiger partial charge in [0, 0.05) is 27.7 Å². The number of esters is 4. The summed E-state index contributed by atoms with van der Waals surface area (Å²) < 4.78 is 63.7. The number of hydrogen-bond donors (Lipinski definition) is 1. The maximum atomic E-state index is 11.6. The highest BCUT2D eigenvalue weighted by molar-refractivity contribution is 5.67. The molecule has 1 aromatic heterocycles. The highest BCUT2D eigenvalue weighted by Gasteiger charge is 2.54. The summed E-state index contributed by atoms with van der Waals surface area (Å²) in [6, 6.07) is 0. The van der Waals surface area contributed by atoms with E-state index in [1.165, 1.54) is 32.4 Å². The second kappa shape index (κ2) is 16.7. The fraction of sp³-hybridized carbons (Fsp3) is 0.688. The number of fused-ring (bicyclic) bond motifs is 1. The first-order chi connectivity index (χ1) is 24.2. The van der Waals surface area contributed by atoms with Gasteiger partial charge in [-0.3, -0.25) is 19.2 Å². The van der Waals surface area contributed by atoms with Crippen molar-refractivity contribution in [3.8, 4) is 0 Å². The van der Waals surface area contributed by atoms with E-state index in [2.05, 4.69) is 10.3 Å². The molecule has 51 heavy (non-hydrogen) atoms. The van der Waals surface area contributed by atoms with Gasteiger partial charge in [-0.25, -0.2) is 4.68 Å². The Bertz CT molecular complexity index is 1480. The Kier molecular flexibility index (Phi) is 12.6. The zero-order valence-corrected chi connectivity index (χ0v) is 29.0. The zero-order valence-electron chi connectivity index (χ0n) is 29.0. The predicted octanol–water partition coefficient (Wildman–Crippen LogP) is 0.100. The number of nitrogens with zero attached hydrogens (tertiary/aromatic N) is 3. The lowest BCUT2D eigenvalue weighted by molar-refractivity contribution is -0.216. The minimum atomic E-state index is -1.04. The summed E-state index contributed by atoms with van der Waals surface area (Å²) in [6.45, 7) is 7.82. The third-order valence-electron chi connectivity index (χ3n) is 7.93. The lowest BCUT2D eigenvalue weighted by Gasteiger charge is -2.31. The number of rotatable bonds is 14. The number of carbonyl (C=O) groups excluding carboxylic acids is 4. The molecule has 0 unspecified atom stereocenters. The minimum Gasteiger partial charge on any atom is -0.463 e. The molecule has 0 amide bonds. The van der Waals surface area contributed by atoms with Crippen LogP contribution in [0.2, 0.25) is 0 Å². The number of hydrogen-bond acceptors (Lipinski definition) is 18. The van der Waals surface area contributed by atoms with Gasteiger partial charge in [-0.2, -0.15) is 0 Å². The van der Waals surface area contributed by atoms with E-state index in [4.69, 9.17) is 52.1 Å². The van der Waals surface area contributed by atoms with Crippen molar-refractivity contribution < 1.29 is 76.4 Å². The van der Waals surface area contributed by atoms with Gasteiger partial charge in [0.05, 0.1) is 25.5 Å². The summed E-state index contributed by atoms with van der Waals surface area (Å²) in [6.07, 6.45) is -2.29. The summed E-state index contributed by atoms with van der Waals surface area (Å²) in [5.74, 6) is -3.08. The van der Waals surface area contributed by atoms with E-state index in [1.54, 1.807) is 38.2 Å². The van der Waals surface area contributed by atoms with Crippen molar-refractivity contribution in [2.24, 2.45) is 0 Å². The molecule has 0 radical (unpaired) electrons. The Balaban J connectivity index is 1.30. The van der Waals surface area contributed by atoms with Crippen LogP contribution < -0.4 is 0 Å². The summed E-state index contributed by atoms with van der Waals surface area (Å²) in [5.41, 5.74) is 0.760. The number of carbonyl (C=O) groups is 4. The normalized spacial score (nSPS) is 32.3. The van der Waals surface area contributed by atoms with Gasteiger partial charge in [-0.1, -0.05) is 5.21 Å². The van der Waals surface area contributed by atoms with Gasteiger partial charge in [-0.15, -0.1) is 5.10 Å². The average molecular weight is 726 g/mol. The van der Waals surface area contributed by atoms with Crippen LogP contribution in [-0.2, 0) is 91.0 Å². The number of aliphatic hydroxyl groups excluding tert-OH is 1. The molecule has 1 aromatic rings. The molecular weight excluding hydrogens is 682 g/mol. The smallest absolute Gasteiger partial charge is 0.303 e. The maximum absolute atomic E-state index is 11.6. The van der Waals surface area contributed by atoms with Gasteiger partial charge < -0.3 is 57.2 Å². The first-order valence-electron chi connectivity index (χ1n) is 16.3. The Hall–Kier alpha value is -3.82. The Morgan fingerprint density at radius 3 is 1.82 bits per heavy atom. The second-order valence-corrected chi connectivity index (χ2v) is 12.5. The minimum absolute atomic E-state index is 0.0341. The summed E-state index contributed by atoms with van der Waals surface area (Å²) >= 11 is 0. The Morgan fingerprint density at radius 1 is 0.765 bits per heavy atom. The van der Waals surface area contributed by atoms with Crippen molar-refractivity contribution >= 4 is 23.9 Å². The van der Waals surface area contributed by atoms with E-state index < -0.39 is 91.3 Å². The van der Waals surface area contributed by atoms with Crippen LogP contribution in [0.3, 0.4) is 0 Å². The molecule has 0 bridgehead atoms. The largest absolute Gasteiger partial charge is 0.463 e. The molecule has 5 heterocycles. The van der Waals surface area contributed by atoms with Crippen LogP contribution in [0.15, 0.2) is 24.3 Å². The number of aromatic nitrogens is 3. The van der Waals surface area contributed by atoms with Crippen molar-refractivity contribution in [3.63, 3.8) is 0 Å². The summed E-state index contributed by atoms with van der Waals surface area (Å²) in [4.78, 5) is 46.1. The molecule has 10 atom stereocenters. The molecule has 19 nitrogen and oxygen atoms in total. The highest BCUT2D eigenvalue weighted by atomic mass is 16.8. The predicted molar refractivity (Wildman–Crippen MR) is 164 cm³/mol. The van der Waals surface area contributed by atoms with E-state index in [0.29, 0.717) is 11.4 Å². The van der Waals surface area contributed by atoms with E-state index in [0.717, 1.165) is 0 Å². The lowest BCUT2D eigenvalue weighted by Crippen LogP contribution is -2.42. The number of ether oxygens (including phenoxy) is 11. The first-order valence-corrected chi connectivity index (χ1v) is 16.3. The first kappa shape index (κ1) is 38.4. The molecular formula is C32H43N3O16. The molecule has 0 saturated carbocycles. The van der Waals surface area contributed by atoms with Crippen molar-refractivity contribution in [1.82, 2.24) is 15.0 Å². The molecule has 0 spiro atoms. The van der Waals surface area contributed by atoms with Gasteiger partial charge in [-0.05, 0) is 38.2 Å². The van der Waals surface area contributed by atoms with Crippen LogP contribution in [0.25, 0.3) is 0 Å². The van der Waals surface area contributed by atoms with Gasteiger partial charge in [0.15, 0.2) is 24.7 Å². The molecule has 2 fully saturated rings. The van der Waals surface area contributed by atoms with E-state index in [-0.39, 0.29) is 33.0 Å². The zero-order chi connectivity index (χ0) is 36.9. The van der Waals surface area contributed by atoms with Gasteiger partial charge in [0.25, 0.3) is 0 Å². The maximum Gasteiger partial charge on any atom is 0.303 e.